The highest BCUT2D eigenvalue weighted by Gasteiger charge is 2.02. The van der Waals surface area contributed by atoms with Crippen LogP contribution in [0.5, 0.6) is 5.75 Å². The molecular formula is C7H10FN2O2P. The van der Waals surface area contributed by atoms with E-state index in [-0.39, 0.29) is 20.8 Å². The average Bonchev–Trinajstić information content (AvgIpc) is 2.09. The minimum Gasteiger partial charge on any atom is -0.405 e. The van der Waals surface area contributed by atoms with E-state index in [9.17, 15) is 4.39 Å². The van der Waals surface area contributed by atoms with Crippen LogP contribution in [0.2, 0.25) is 0 Å². The van der Waals surface area contributed by atoms with E-state index >= 15 is 0 Å². The van der Waals surface area contributed by atoms with Crippen molar-refractivity contribution < 1.29 is 14.1 Å². The summed E-state index contributed by atoms with van der Waals surface area (Å²) in [4.78, 5) is 13.2. The molecule has 0 aromatic heterocycles. The van der Waals surface area contributed by atoms with Crippen LogP contribution in [-0.2, 0) is 0 Å². The van der Waals surface area contributed by atoms with Crippen LogP contribution in [0.15, 0.2) is 18.2 Å². The van der Waals surface area contributed by atoms with Crippen molar-refractivity contribution in [1.29, 1.82) is 0 Å². The molecule has 1 unspecified atom stereocenters. The molecule has 0 saturated carbocycles. The van der Waals surface area contributed by atoms with Gasteiger partial charge in [0.15, 0.2) is 11.6 Å². The van der Waals surface area contributed by atoms with Gasteiger partial charge in [-0.05, 0) is 12.1 Å². The molecule has 0 aliphatic carbocycles. The molecule has 0 amide bonds. The van der Waals surface area contributed by atoms with E-state index in [1.165, 1.54) is 12.1 Å². The lowest BCUT2D eigenvalue weighted by Crippen LogP contribution is -2.17. The van der Waals surface area contributed by atoms with Crippen molar-refractivity contribution in [3.63, 3.8) is 0 Å². The highest BCUT2D eigenvalue weighted by atomic mass is 31.1. The third kappa shape index (κ3) is 3.14. The van der Waals surface area contributed by atoms with Crippen LogP contribution < -0.4 is 16.1 Å². The molecule has 72 valence electrons. The molecule has 4 nitrogen and oxygen atoms in total. The van der Waals surface area contributed by atoms with Gasteiger partial charge in [-0.25, -0.2) is 4.39 Å². The number of hydrogen-bond donors (Lipinski definition) is 3. The van der Waals surface area contributed by atoms with Gasteiger partial charge in [0.1, 0.15) is 0 Å². The number of nitrogen functional groups attached to an aromatic ring is 1. The molecule has 0 saturated heterocycles. The van der Waals surface area contributed by atoms with E-state index in [0.717, 1.165) is 6.07 Å². The maximum atomic E-state index is 13.0. The average molecular weight is 204 g/mol. The Morgan fingerprint density at radius 1 is 1.62 bits per heavy atom. The Balaban J connectivity index is 2.56. The van der Waals surface area contributed by atoms with Gasteiger partial charge >= 0.3 is 0 Å². The number of nitrogens with one attached hydrogen (secondary N) is 1. The van der Waals surface area contributed by atoms with E-state index in [1.54, 1.807) is 0 Å². The predicted molar refractivity (Wildman–Crippen MR) is 50.0 cm³/mol. The molecule has 1 rings (SSSR count). The van der Waals surface area contributed by atoms with Gasteiger partial charge in [0.05, 0.1) is 6.29 Å². The molecule has 13 heavy (non-hydrogen) atoms. The minimum absolute atomic E-state index is 0.0625. The van der Waals surface area contributed by atoms with Crippen LogP contribution in [0.3, 0.4) is 0 Å². The van der Waals surface area contributed by atoms with Gasteiger partial charge in [0.2, 0.25) is 0 Å². The topological polar surface area (TPSA) is 67.5 Å². The summed E-state index contributed by atoms with van der Waals surface area (Å²) in [7, 11) is -0.279. The summed E-state index contributed by atoms with van der Waals surface area (Å²) in [5.41, 5.74) is 8.06. The van der Waals surface area contributed by atoms with E-state index in [0.29, 0.717) is 5.69 Å². The first-order chi connectivity index (χ1) is 6.24. The molecule has 0 heterocycles. The first-order valence-electron chi connectivity index (χ1n) is 3.55. The van der Waals surface area contributed by atoms with Crippen molar-refractivity contribution in [3.8, 4) is 5.75 Å². The smallest absolute Gasteiger partial charge is 0.182 e. The van der Waals surface area contributed by atoms with Crippen molar-refractivity contribution in [1.82, 2.24) is 5.48 Å². The van der Waals surface area contributed by atoms with Crippen molar-refractivity contribution in [2.24, 2.45) is 0 Å². The van der Waals surface area contributed by atoms with Crippen LogP contribution in [0, 0.1) is 5.82 Å². The monoisotopic (exact) mass is 204 g/mol. The largest absolute Gasteiger partial charge is 0.405 e. The Kier molecular flexibility index (Phi) is 3.89. The van der Waals surface area contributed by atoms with Crippen LogP contribution >= 0.6 is 8.81 Å². The van der Waals surface area contributed by atoms with Gasteiger partial charge in [-0.3, -0.25) is 0 Å². The Morgan fingerprint density at radius 2 is 2.38 bits per heavy atom. The number of nitrogens with two attached hydrogens (primary N) is 1. The predicted octanol–water partition coefficient (Wildman–Crippen LogP) is 0.835. The zero-order valence-corrected chi connectivity index (χ0v) is 7.75. The number of halogens is 1. The summed E-state index contributed by atoms with van der Waals surface area (Å²) in [6.07, 6.45) is 0.268. The number of benzene rings is 1. The maximum absolute atomic E-state index is 13.0. The quantitative estimate of drug-likeness (QED) is 0.294. The van der Waals surface area contributed by atoms with Crippen LogP contribution in [0.4, 0.5) is 10.1 Å². The first kappa shape index (κ1) is 10.2. The lowest BCUT2D eigenvalue weighted by Gasteiger charge is -2.06. The lowest BCUT2D eigenvalue weighted by atomic mass is 10.3. The maximum Gasteiger partial charge on any atom is 0.182 e. The second-order valence-corrected chi connectivity index (χ2v) is 2.94. The second kappa shape index (κ2) is 4.97. The van der Waals surface area contributed by atoms with E-state index < -0.39 is 5.82 Å². The van der Waals surface area contributed by atoms with E-state index in [2.05, 4.69) is 5.48 Å². The second-order valence-electron chi connectivity index (χ2n) is 2.27. The number of anilines is 1. The van der Waals surface area contributed by atoms with Crippen molar-refractivity contribution in [2.45, 2.75) is 0 Å². The SMILES string of the molecule is Nc1ccc(ONCPO)c(F)c1. The molecule has 0 radical (unpaired) electrons. The summed E-state index contributed by atoms with van der Waals surface area (Å²) in [5.74, 6) is -0.471. The molecule has 0 aliphatic heterocycles. The number of hydrogen-bond acceptors (Lipinski definition) is 4. The summed E-state index contributed by atoms with van der Waals surface area (Å²) in [6.45, 7) is 0. The number of rotatable bonds is 4. The normalized spacial score (nSPS) is 10.9. The summed E-state index contributed by atoms with van der Waals surface area (Å²) >= 11 is 0. The van der Waals surface area contributed by atoms with Crippen molar-refractivity contribution in [3.05, 3.63) is 24.0 Å². The summed E-state index contributed by atoms with van der Waals surface area (Å²) < 4.78 is 13.0. The fourth-order valence-corrected chi connectivity index (χ4v) is 0.883. The molecule has 1 atom stereocenters. The summed E-state index contributed by atoms with van der Waals surface area (Å²) in [6, 6.07) is 4.11. The van der Waals surface area contributed by atoms with Crippen molar-refractivity contribution in [2.75, 3.05) is 12.0 Å². The number of hydroxylamine groups is 1. The Bertz CT molecular complexity index is 285. The molecule has 0 fully saturated rings. The standard InChI is InChI=1S/C7H10FN2O2P/c8-6-3-5(9)1-2-7(6)12-10-4-13-11/h1-3,10-11,13H,4,9H2. The fraction of sp³-hybridized carbons (Fsp3) is 0.143. The molecule has 0 aliphatic rings. The van der Waals surface area contributed by atoms with Crippen LogP contribution in [0.25, 0.3) is 0 Å². The van der Waals surface area contributed by atoms with E-state index in [4.69, 9.17) is 15.5 Å². The Morgan fingerprint density at radius 3 is 3.00 bits per heavy atom. The molecular weight excluding hydrogens is 194 g/mol. The van der Waals surface area contributed by atoms with Gasteiger partial charge in [-0.15, -0.1) is 0 Å². The molecule has 1 aromatic carbocycles. The first-order valence-corrected chi connectivity index (χ1v) is 4.71. The Hall–Kier alpha value is -0.900. The lowest BCUT2D eigenvalue weighted by molar-refractivity contribution is 0.205. The molecule has 6 heteroatoms. The van der Waals surface area contributed by atoms with E-state index in [1.807, 2.05) is 0 Å². The minimum atomic E-state index is -0.534. The molecule has 0 spiro atoms. The molecule has 0 bridgehead atoms. The third-order valence-corrected chi connectivity index (χ3v) is 1.59. The van der Waals surface area contributed by atoms with Crippen LogP contribution in [-0.4, -0.2) is 11.2 Å². The van der Waals surface area contributed by atoms with Gasteiger partial charge in [0.25, 0.3) is 0 Å². The van der Waals surface area contributed by atoms with Crippen molar-refractivity contribution >= 4 is 14.5 Å². The zero-order valence-electron chi connectivity index (χ0n) is 6.75. The molecule has 4 N–H and O–H groups in total. The van der Waals surface area contributed by atoms with Crippen LogP contribution in [0.1, 0.15) is 0 Å². The highest BCUT2D eigenvalue weighted by molar-refractivity contribution is 7.30. The molecule has 1 aromatic rings. The van der Waals surface area contributed by atoms with Gasteiger partial charge in [0, 0.05) is 20.6 Å². The Labute approximate surface area is 76.7 Å². The van der Waals surface area contributed by atoms with Gasteiger partial charge < -0.3 is 15.5 Å². The zero-order chi connectivity index (χ0) is 9.68. The highest BCUT2D eigenvalue weighted by Crippen LogP contribution is 2.18. The van der Waals surface area contributed by atoms with Gasteiger partial charge in [-0.2, -0.15) is 5.48 Å². The third-order valence-electron chi connectivity index (χ3n) is 1.29. The van der Waals surface area contributed by atoms with Gasteiger partial charge in [-0.1, -0.05) is 0 Å². The fourth-order valence-electron chi connectivity index (χ4n) is 0.746. The summed E-state index contributed by atoms with van der Waals surface area (Å²) in [5, 5.41) is 0.